The molecular weight excluding hydrogens is 206 g/mol. The van der Waals surface area contributed by atoms with Crippen molar-refractivity contribution in [3.05, 3.63) is 42.0 Å². The van der Waals surface area contributed by atoms with Gasteiger partial charge in [0.15, 0.2) is 5.82 Å². The lowest BCUT2D eigenvalue weighted by atomic mass is 10.2. The van der Waals surface area contributed by atoms with Crippen molar-refractivity contribution in [2.45, 2.75) is 13.2 Å². The summed E-state index contributed by atoms with van der Waals surface area (Å²) in [5, 5.41) is 12.8. The Morgan fingerprint density at radius 2 is 2.06 bits per heavy atom. The zero-order chi connectivity index (χ0) is 11.4. The van der Waals surface area contributed by atoms with Crippen LogP contribution in [0.3, 0.4) is 0 Å². The average molecular weight is 219 g/mol. The lowest BCUT2D eigenvalue weighted by Gasteiger charge is -2.05. The van der Waals surface area contributed by atoms with E-state index in [2.05, 4.69) is 10.1 Å². The fourth-order valence-corrected chi connectivity index (χ4v) is 1.29. The molecule has 0 bridgehead atoms. The minimum Gasteiger partial charge on any atom is -0.486 e. The van der Waals surface area contributed by atoms with Gasteiger partial charge in [0, 0.05) is 7.05 Å². The minimum absolute atomic E-state index is 0.0452. The number of nitrogens with zero attached hydrogens (tertiary/aromatic N) is 3. The number of benzene rings is 1. The molecule has 2 rings (SSSR count). The highest BCUT2D eigenvalue weighted by molar-refractivity contribution is 5.26. The lowest BCUT2D eigenvalue weighted by Crippen LogP contribution is -2.04. The fraction of sp³-hybridized carbons (Fsp3) is 0.273. The van der Waals surface area contributed by atoms with Crippen molar-refractivity contribution in [1.82, 2.24) is 14.8 Å². The summed E-state index contributed by atoms with van der Waals surface area (Å²) >= 11 is 0. The van der Waals surface area contributed by atoms with Gasteiger partial charge in [-0.05, 0) is 17.7 Å². The van der Waals surface area contributed by atoms with Crippen molar-refractivity contribution in [1.29, 1.82) is 0 Å². The molecule has 0 aliphatic heterocycles. The molecule has 2 aromatic rings. The van der Waals surface area contributed by atoms with Crippen LogP contribution in [-0.2, 0) is 20.3 Å². The topological polar surface area (TPSA) is 60.2 Å². The van der Waals surface area contributed by atoms with E-state index >= 15 is 0 Å². The molecule has 0 radical (unpaired) electrons. The molecule has 1 heterocycles. The van der Waals surface area contributed by atoms with Crippen LogP contribution in [0.1, 0.15) is 11.4 Å². The monoisotopic (exact) mass is 219 g/mol. The van der Waals surface area contributed by atoms with Gasteiger partial charge in [0.25, 0.3) is 0 Å². The molecule has 16 heavy (non-hydrogen) atoms. The molecule has 1 aromatic heterocycles. The number of hydrogen-bond acceptors (Lipinski definition) is 4. The van der Waals surface area contributed by atoms with Crippen LogP contribution in [0.5, 0.6) is 5.75 Å². The minimum atomic E-state index is 0.0452. The van der Waals surface area contributed by atoms with Gasteiger partial charge in [0.2, 0.25) is 0 Å². The zero-order valence-corrected chi connectivity index (χ0v) is 9.00. The van der Waals surface area contributed by atoms with Gasteiger partial charge >= 0.3 is 0 Å². The van der Waals surface area contributed by atoms with Crippen LogP contribution >= 0.6 is 0 Å². The average Bonchev–Trinajstić information content (AvgIpc) is 2.73. The summed E-state index contributed by atoms with van der Waals surface area (Å²) in [7, 11) is 1.82. The number of ether oxygens (including phenoxy) is 1. The first-order chi connectivity index (χ1) is 7.79. The van der Waals surface area contributed by atoms with Crippen LogP contribution in [0, 0.1) is 0 Å². The number of aromatic nitrogens is 3. The molecule has 0 saturated heterocycles. The number of rotatable bonds is 4. The van der Waals surface area contributed by atoms with E-state index < -0.39 is 0 Å². The second-order valence-corrected chi connectivity index (χ2v) is 3.39. The Morgan fingerprint density at radius 1 is 1.31 bits per heavy atom. The van der Waals surface area contributed by atoms with E-state index in [-0.39, 0.29) is 6.61 Å². The summed E-state index contributed by atoms with van der Waals surface area (Å²) in [5.74, 6) is 1.52. The van der Waals surface area contributed by atoms with Crippen LogP contribution in [0.2, 0.25) is 0 Å². The maximum atomic E-state index is 8.88. The van der Waals surface area contributed by atoms with Gasteiger partial charge in [-0.3, -0.25) is 4.68 Å². The van der Waals surface area contributed by atoms with Crippen molar-refractivity contribution in [2.24, 2.45) is 7.05 Å². The summed E-state index contributed by atoms with van der Waals surface area (Å²) < 4.78 is 7.19. The van der Waals surface area contributed by atoms with Crippen LogP contribution in [0.15, 0.2) is 30.6 Å². The van der Waals surface area contributed by atoms with E-state index in [1.807, 2.05) is 31.3 Å². The highest BCUT2D eigenvalue weighted by Gasteiger charge is 2.01. The highest BCUT2D eigenvalue weighted by Crippen LogP contribution is 2.13. The van der Waals surface area contributed by atoms with Gasteiger partial charge in [0.05, 0.1) is 6.61 Å². The number of aliphatic hydroxyl groups excluding tert-OH is 1. The SMILES string of the molecule is Cn1ncnc1COc1ccc(CO)cc1. The third-order valence-corrected chi connectivity index (χ3v) is 2.28. The van der Waals surface area contributed by atoms with Crippen LogP contribution < -0.4 is 4.74 Å². The Balaban J connectivity index is 1.97. The normalized spacial score (nSPS) is 10.4. The molecule has 0 fully saturated rings. The molecule has 5 nitrogen and oxygen atoms in total. The molecule has 0 amide bonds. The lowest BCUT2D eigenvalue weighted by molar-refractivity contribution is 0.279. The first kappa shape index (κ1) is 10.6. The second-order valence-electron chi connectivity index (χ2n) is 3.39. The van der Waals surface area contributed by atoms with E-state index in [0.29, 0.717) is 6.61 Å². The van der Waals surface area contributed by atoms with Gasteiger partial charge in [-0.25, -0.2) is 4.98 Å². The van der Waals surface area contributed by atoms with E-state index in [0.717, 1.165) is 17.1 Å². The summed E-state index contributed by atoms with van der Waals surface area (Å²) in [4.78, 5) is 4.05. The van der Waals surface area contributed by atoms with Crippen LogP contribution in [0.25, 0.3) is 0 Å². The summed E-state index contributed by atoms with van der Waals surface area (Å²) in [6.07, 6.45) is 1.49. The van der Waals surface area contributed by atoms with E-state index in [4.69, 9.17) is 9.84 Å². The van der Waals surface area contributed by atoms with Gasteiger partial charge < -0.3 is 9.84 Å². The molecule has 84 valence electrons. The maximum Gasteiger partial charge on any atom is 0.164 e. The van der Waals surface area contributed by atoms with E-state index in [9.17, 15) is 0 Å². The Bertz CT molecular complexity index is 451. The fourth-order valence-electron chi connectivity index (χ4n) is 1.29. The highest BCUT2D eigenvalue weighted by atomic mass is 16.5. The number of aliphatic hydroxyl groups is 1. The number of hydrogen-bond donors (Lipinski definition) is 1. The Hall–Kier alpha value is -1.88. The van der Waals surface area contributed by atoms with Gasteiger partial charge in [0.1, 0.15) is 18.7 Å². The molecule has 5 heteroatoms. The Kier molecular flexibility index (Phi) is 3.16. The van der Waals surface area contributed by atoms with Crippen molar-refractivity contribution in [3.8, 4) is 5.75 Å². The maximum absolute atomic E-state index is 8.88. The summed E-state index contributed by atoms with van der Waals surface area (Å²) in [6, 6.07) is 7.29. The number of aryl methyl sites for hydroxylation is 1. The largest absolute Gasteiger partial charge is 0.486 e. The molecule has 0 unspecified atom stereocenters. The zero-order valence-electron chi connectivity index (χ0n) is 9.00. The molecule has 1 aromatic carbocycles. The van der Waals surface area contributed by atoms with E-state index in [1.165, 1.54) is 6.33 Å². The quantitative estimate of drug-likeness (QED) is 0.829. The molecule has 0 aliphatic rings. The van der Waals surface area contributed by atoms with Crippen molar-refractivity contribution >= 4 is 0 Å². The van der Waals surface area contributed by atoms with Crippen molar-refractivity contribution in [2.75, 3.05) is 0 Å². The van der Waals surface area contributed by atoms with Gasteiger partial charge in [-0.15, -0.1) is 0 Å². The van der Waals surface area contributed by atoms with Crippen molar-refractivity contribution in [3.63, 3.8) is 0 Å². The van der Waals surface area contributed by atoms with Gasteiger partial charge in [-0.1, -0.05) is 12.1 Å². The van der Waals surface area contributed by atoms with Crippen LogP contribution in [0.4, 0.5) is 0 Å². The van der Waals surface area contributed by atoms with E-state index in [1.54, 1.807) is 4.68 Å². The standard InChI is InChI=1S/C11H13N3O2/c1-14-11(12-8-13-14)7-16-10-4-2-9(6-15)3-5-10/h2-5,8,15H,6-7H2,1H3. The predicted octanol–water partition coefficient (Wildman–Crippen LogP) is 0.886. The molecule has 0 aliphatic carbocycles. The first-order valence-corrected chi connectivity index (χ1v) is 4.95. The van der Waals surface area contributed by atoms with Crippen molar-refractivity contribution < 1.29 is 9.84 Å². The summed E-state index contributed by atoms with van der Waals surface area (Å²) in [5.41, 5.74) is 0.867. The molecule has 0 saturated carbocycles. The van der Waals surface area contributed by atoms with Gasteiger partial charge in [-0.2, -0.15) is 5.10 Å². The Morgan fingerprint density at radius 3 is 2.62 bits per heavy atom. The summed E-state index contributed by atoms with van der Waals surface area (Å²) in [6.45, 7) is 0.429. The second kappa shape index (κ2) is 4.76. The van der Waals surface area contributed by atoms with Crippen LogP contribution in [-0.4, -0.2) is 19.9 Å². The smallest absolute Gasteiger partial charge is 0.164 e. The third kappa shape index (κ3) is 2.38. The first-order valence-electron chi connectivity index (χ1n) is 4.95. The molecule has 0 atom stereocenters. The third-order valence-electron chi connectivity index (χ3n) is 2.28. The molecule has 0 spiro atoms. The molecule has 1 N–H and O–H groups in total. The predicted molar refractivity (Wildman–Crippen MR) is 57.7 cm³/mol. The molecular formula is C11H13N3O2. The Labute approximate surface area is 93.3 Å².